The number of hydrogen-bond donors (Lipinski definition) is 2. The third-order valence-electron chi connectivity index (χ3n) is 5.87. The van der Waals surface area contributed by atoms with Crippen LogP contribution in [0.3, 0.4) is 0 Å². The Bertz CT molecular complexity index is 1260. The van der Waals surface area contributed by atoms with Crippen LogP contribution < -0.4 is 5.73 Å². The van der Waals surface area contributed by atoms with Crippen molar-refractivity contribution >= 4 is 39.9 Å². The molecule has 0 aliphatic carbocycles. The van der Waals surface area contributed by atoms with Crippen LogP contribution in [-0.2, 0) is 6.54 Å². The number of piperidine rings is 1. The summed E-state index contributed by atoms with van der Waals surface area (Å²) in [6, 6.07) is 11.8. The van der Waals surface area contributed by atoms with Gasteiger partial charge in [0.25, 0.3) is 0 Å². The second-order valence-electron chi connectivity index (χ2n) is 8.59. The van der Waals surface area contributed by atoms with Gasteiger partial charge in [-0.25, -0.2) is 9.78 Å². The van der Waals surface area contributed by atoms with Crippen LogP contribution in [0.15, 0.2) is 47.1 Å². The number of fused-ring (bicyclic) bond motifs is 1. The van der Waals surface area contributed by atoms with Crippen LogP contribution in [0.5, 0.6) is 0 Å². The zero-order chi connectivity index (χ0) is 24.2. The first kappa shape index (κ1) is 24.4. The van der Waals surface area contributed by atoms with Crippen LogP contribution in [0.2, 0.25) is 4.34 Å². The van der Waals surface area contributed by atoms with Gasteiger partial charge >= 0.3 is 5.97 Å². The van der Waals surface area contributed by atoms with Crippen molar-refractivity contribution in [2.24, 2.45) is 5.73 Å². The molecule has 1 aliphatic rings. The summed E-state index contributed by atoms with van der Waals surface area (Å²) in [5, 5.41) is 14.2. The molecule has 4 aromatic heterocycles. The van der Waals surface area contributed by atoms with Crippen LogP contribution in [0.4, 0.5) is 0 Å². The maximum atomic E-state index is 11.5. The van der Waals surface area contributed by atoms with Crippen LogP contribution in [0.1, 0.15) is 42.9 Å². The van der Waals surface area contributed by atoms with E-state index in [1.165, 1.54) is 37.3 Å². The molecule has 1 fully saturated rings. The number of rotatable bonds is 5. The SMILES string of the molecule is CC(C)N1CCC(N)CC1.O=C(O)c1cc2cccnc2n1Cc1cc(-c2ccc(Cl)s2)on1. The number of carbonyl (C=O) groups is 1. The molecule has 0 spiro atoms. The normalized spacial score (nSPS) is 15.0. The fourth-order valence-electron chi connectivity index (χ4n) is 3.97. The first-order chi connectivity index (χ1) is 16.3. The van der Waals surface area contributed by atoms with Gasteiger partial charge in [-0.3, -0.25) is 0 Å². The number of pyridine rings is 1. The largest absolute Gasteiger partial charge is 0.477 e. The van der Waals surface area contributed by atoms with Crippen molar-refractivity contribution in [1.82, 2.24) is 19.6 Å². The lowest BCUT2D eigenvalue weighted by molar-refractivity contribution is 0.0686. The Kier molecular flexibility index (Phi) is 7.67. The highest BCUT2D eigenvalue weighted by Crippen LogP contribution is 2.31. The lowest BCUT2D eigenvalue weighted by atomic mass is 10.1. The van der Waals surface area contributed by atoms with Crippen molar-refractivity contribution in [2.75, 3.05) is 13.1 Å². The lowest BCUT2D eigenvalue weighted by Crippen LogP contribution is -2.42. The molecule has 0 radical (unpaired) electrons. The van der Waals surface area contributed by atoms with Gasteiger partial charge in [-0.05, 0) is 70.1 Å². The topological polar surface area (TPSA) is 110 Å². The van der Waals surface area contributed by atoms with E-state index >= 15 is 0 Å². The molecule has 180 valence electrons. The van der Waals surface area contributed by atoms with E-state index in [2.05, 4.69) is 28.9 Å². The van der Waals surface area contributed by atoms with E-state index in [0.717, 1.165) is 10.3 Å². The minimum atomic E-state index is -1.01. The molecule has 1 saturated heterocycles. The molecular weight excluding hydrogens is 474 g/mol. The molecule has 0 atom stereocenters. The number of hydrogen-bond acceptors (Lipinski definition) is 7. The van der Waals surface area contributed by atoms with Crippen LogP contribution in [-0.4, -0.2) is 55.9 Å². The van der Waals surface area contributed by atoms with E-state index in [4.69, 9.17) is 21.9 Å². The van der Waals surface area contributed by atoms with E-state index in [9.17, 15) is 9.90 Å². The average molecular weight is 502 g/mol. The molecule has 0 amide bonds. The van der Waals surface area contributed by atoms with Gasteiger partial charge in [-0.1, -0.05) is 16.8 Å². The second kappa shape index (κ2) is 10.7. The van der Waals surface area contributed by atoms with Crippen molar-refractivity contribution in [3.05, 3.63) is 58.3 Å². The summed E-state index contributed by atoms with van der Waals surface area (Å²) in [5.74, 6) is -0.412. The second-order valence-corrected chi connectivity index (χ2v) is 10.3. The highest BCUT2D eigenvalue weighted by molar-refractivity contribution is 7.19. The molecule has 0 saturated carbocycles. The quantitative estimate of drug-likeness (QED) is 0.397. The number of carboxylic acids is 1. The van der Waals surface area contributed by atoms with E-state index in [1.54, 1.807) is 35.0 Å². The summed E-state index contributed by atoms with van der Waals surface area (Å²) in [4.78, 5) is 19.1. The summed E-state index contributed by atoms with van der Waals surface area (Å²) >= 11 is 7.32. The number of carboxylic acid groups (broad SMARTS) is 1. The molecule has 0 aromatic carbocycles. The molecule has 1 aliphatic heterocycles. The minimum absolute atomic E-state index is 0.160. The fourth-order valence-corrected chi connectivity index (χ4v) is 4.96. The maximum absolute atomic E-state index is 11.5. The number of nitrogens with zero attached hydrogens (tertiary/aromatic N) is 4. The number of nitrogens with two attached hydrogens (primary N) is 1. The molecule has 8 nitrogen and oxygen atoms in total. The Balaban J connectivity index is 0.000000231. The first-order valence-electron chi connectivity index (χ1n) is 11.2. The van der Waals surface area contributed by atoms with Gasteiger partial charge in [0.1, 0.15) is 17.0 Å². The van der Waals surface area contributed by atoms with Gasteiger partial charge in [0.2, 0.25) is 0 Å². The van der Waals surface area contributed by atoms with Crippen LogP contribution in [0, 0.1) is 0 Å². The van der Waals surface area contributed by atoms with Crippen molar-refractivity contribution in [3.63, 3.8) is 0 Å². The summed E-state index contributed by atoms with van der Waals surface area (Å²) in [6.45, 7) is 7.14. The Morgan fingerprint density at radius 3 is 2.71 bits per heavy atom. The molecular formula is C24H28ClN5O3S. The number of aromatic nitrogens is 3. The molecule has 4 aromatic rings. The summed E-state index contributed by atoms with van der Waals surface area (Å²) in [5.41, 5.74) is 7.14. The Morgan fingerprint density at radius 1 is 1.29 bits per heavy atom. The van der Waals surface area contributed by atoms with Gasteiger partial charge in [0.05, 0.1) is 15.8 Å². The third kappa shape index (κ3) is 5.67. The number of aromatic carboxylic acids is 1. The van der Waals surface area contributed by atoms with Crippen LogP contribution >= 0.6 is 22.9 Å². The Labute approximate surface area is 206 Å². The smallest absolute Gasteiger partial charge is 0.352 e. The highest BCUT2D eigenvalue weighted by Gasteiger charge is 2.18. The molecule has 5 rings (SSSR count). The predicted molar refractivity (Wildman–Crippen MR) is 135 cm³/mol. The zero-order valence-electron chi connectivity index (χ0n) is 19.1. The van der Waals surface area contributed by atoms with Crippen molar-refractivity contribution in [3.8, 4) is 10.6 Å². The number of halogens is 1. The Hall–Kier alpha value is -2.72. The van der Waals surface area contributed by atoms with Gasteiger partial charge < -0.3 is 24.8 Å². The van der Waals surface area contributed by atoms with E-state index in [1.807, 2.05) is 12.1 Å². The summed E-state index contributed by atoms with van der Waals surface area (Å²) in [7, 11) is 0. The standard InChI is InChI=1S/C16H10ClN3O3S.C8H18N2/c17-14-4-3-13(24-14)12-7-10(19-23-12)8-20-11(16(21)22)6-9-2-1-5-18-15(9)20;1-7(2)10-5-3-8(9)4-6-10/h1-7H,8H2,(H,21,22);7-8H,3-6,9H2,1-2H3. The van der Waals surface area contributed by atoms with Crippen molar-refractivity contribution < 1.29 is 14.4 Å². The van der Waals surface area contributed by atoms with Gasteiger partial charge in [-0.15, -0.1) is 11.3 Å². The maximum Gasteiger partial charge on any atom is 0.352 e. The summed E-state index contributed by atoms with van der Waals surface area (Å²) in [6.07, 6.45) is 3.99. The third-order valence-corrected chi connectivity index (χ3v) is 7.12. The zero-order valence-corrected chi connectivity index (χ0v) is 20.7. The predicted octanol–water partition coefficient (Wildman–Crippen LogP) is 4.97. The van der Waals surface area contributed by atoms with Gasteiger partial charge in [-0.2, -0.15) is 0 Å². The van der Waals surface area contributed by atoms with E-state index in [0.29, 0.717) is 33.5 Å². The number of likely N-dealkylation sites (tertiary alicyclic amines) is 1. The van der Waals surface area contributed by atoms with E-state index < -0.39 is 5.97 Å². The minimum Gasteiger partial charge on any atom is -0.477 e. The van der Waals surface area contributed by atoms with Gasteiger partial charge in [0, 0.05) is 29.7 Å². The summed E-state index contributed by atoms with van der Waals surface area (Å²) < 4.78 is 7.62. The van der Waals surface area contributed by atoms with E-state index in [-0.39, 0.29) is 12.2 Å². The fraction of sp³-hybridized carbons (Fsp3) is 0.375. The molecule has 5 heterocycles. The van der Waals surface area contributed by atoms with Crippen LogP contribution in [0.25, 0.3) is 21.7 Å². The Morgan fingerprint density at radius 2 is 2.06 bits per heavy atom. The van der Waals surface area contributed by atoms with Crippen molar-refractivity contribution in [2.45, 2.75) is 45.3 Å². The first-order valence-corrected chi connectivity index (χ1v) is 12.4. The average Bonchev–Trinajstić information content (AvgIpc) is 3.54. The highest BCUT2D eigenvalue weighted by atomic mass is 35.5. The molecule has 3 N–H and O–H groups in total. The molecule has 0 bridgehead atoms. The number of thiophene rings is 1. The molecule has 34 heavy (non-hydrogen) atoms. The monoisotopic (exact) mass is 501 g/mol. The lowest BCUT2D eigenvalue weighted by Gasteiger charge is -2.32. The molecule has 0 unspecified atom stereocenters. The molecule has 10 heteroatoms. The van der Waals surface area contributed by atoms with Gasteiger partial charge in [0.15, 0.2) is 5.76 Å². The van der Waals surface area contributed by atoms with Crippen molar-refractivity contribution in [1.29, 1.82) is 0 Å².